The van der Waals surface area contributed by atoms with Crippen LogP contribution in [0.1, 0.15) is 6.92 Å². The Hall–Kier alpha value is -1.69. The molecule has 0 aromatic carbocycles. The number of carbonyl (C=O) groups is 1. The highest BCUT2D eigenvalue weighted by Gasteiger charge is 2.09. The minimum absolute atomic E-state index is 0.0718. The number of nitrogens with zero attached hydrogens (tertiary/aromatic N) is 3. The number of rotatable bonds is 4. The summed E-state index contributed by atoms with van der Waals surface area (Å²) in [6.45, 7) is 1.52. The van der Waals surface area contributed by atoms with Crippen LogP contribution in [0.2, 0.25) is 0 Å². The molecule has 0 spiro atoms. The van der Waals surface area contributed by atoms with E-state index in [9.17, 15) is 4.79 Å². The van der Waals surface area contributed by atoms with Gasteiger partial charge in [0.25, 0.3) is 11.1 Å². The first-order valence-corrected chi connectivity index (χ1v) is 5.61. The maximum Gasteiger partial charge on any atom is 0.277 e. The van der Waals surface area contributed by atoms with Gasteiger partial charge in [0, 0.05) is 6.20 Å². The summed E-state index contributed by atoms with van der Waals surface area (Å²) in [5.41, 5.74) is 0.629. The van der Waals surface area contributed by atoms with Gasteiger partial charge < -0.3 is 4.42 Å². The zero-order valence-electron chi connectivity index (χ0n) is 8.58. The lowest BCUT2D eigenvalue weighted by Crippen LogP contribution is -1.92. The van der Waals surface area contributed by atoms with Crippen molar-refractivity contribution in [1.29, 1.82) is 0 Å². The maximum atomic E-state index is 10.8. The van der Waals surface area contributed by atoms with E-state index in [2.05, 4.69) is 15.2 Å². The van der Waals surface area contributed by atoms with Gasteiger partial charge in [-0.2, -0.15) is 0 Å². The fourth-order valence-electron chi connectivity index (χ4n) is 1.02. The molecular weight excluding hydrogens is 226 g/mol. The molecular formula is C10H9N3O2S. The second kappa shape index (κ2) is 4.89. The fraction of sp³-hybridized carbons (Fsp3) is 0.200. The summed E-state index contributed by atoms with van der Waals surface area (Å²) in [6.07, 6.45) is 1.65. The summed E-state index contributed by atoms with van der Waals surface area (Å²) in [6, 6.07) is 5.44. The van der Waals surface area contributed by atoms with E-state index in [0.717, 1.165) is 0 Å². The lowest BCUT2D eigenvalue weighted by molar-refractivity contribution is -0.114. The number of hydrogen-bond donors (Lipinski definition) is 0. The van der Waals surface area contributed by atoms with Gasteiger partial charge >= 0.3 is 0 Å². The molecule has 0 aliphatic heterocycles. The van der Waals surface area contributed by atoms with Gasteiger partial charge in [-0.1, -0.05) is 17.8 Å². The molecule has 2 heterocycles. The van der Waals surface area contributed by atoms with Crippen LogP contribution in [0.5, 0.6) is 0 Å². The predicted octanol–water partition coefficient (Wildman–Crippen LogP) is 1.81. The first kappa shape index (κ1) is 10.8. The van der Waals surface area contributed by atoms with Crippen LogP contribution >= 0.6 is 11.8 Å². The Kier molecular flexibility index (Phi) is 3.31. The summed E-state index contributed by atoms with van der Waals surface area (Å²) < 4.78 is 5.35. The van der Waals surface area contributed by atoms with Gasteiger partial charge in [-0.25, -0.2) is 0 Å². The molecule has 0 N–H and O–H groups in total. The molecule has 0 aliphatic carbocycles. The van der Waals surface area contributed by atoms with Gasteiger partial charge in [0.15, 0.2) is 0 Å². The molecule has 0 unspecified atom stereocenters. The molecule has 0 bridgehead atoms. The monoisotopic (exact) mass is 235 g/mol. The Balaban J connectivity index is 2.11. The first-order valence-electron chi connectivity index (χ1n) is 4.63. The normalized spacial score (nSPS) is 10.3. The van der Waals surface area contributed by atoms with Crippen LogP contribution in [0.3, 0.4) is 0 Å². The summed E-state index contributed by atoms with van der Waals surface area (Å²) in [4.78, 5) is 14.9. The van der Waals surface area contributed by atoms with Crippen LogP contribution < -0.4 is 0 Å². The van der Waals surface area contributed by atoms with Gasteiger partial charge in [0.1, 0.15) is 11.5 Å². The first-order chi connectivity index (χ1) is 7.75. The zero-order valence-corrected chi connectivity index (χ0v) is 9.40. The molecule has 0 fully saturated rings. The summed E-state index contributed by atoms with van der Waals surface area (Å²) >= 11 is 1.23. The largest absolute Gasteiger partial charge is 0.410 e. The van der Waals surface area contributed by atoms with E-state index in [1.165, 1.54) is 18.7 Å². The molecule has 0 saturated heterocycles. The Morgan fingerprint density at radius 1 is 1.44 bits per heavy atom. The van der Waals surface area contributed by atoms with E-state index in [1.807, 2.05) is 12.1 Å². The molecule has 2 aromatic rings. The van der Waals surface area contributed by atoms with E-state index in [-0.39, 0.29) is 5.78 Å². The van der Waals surface area contributed by atoms with Gasteiger partial charge in [-0.3, -0.25) is 9.78 Å². The number of carbonyl (C=O) groups excluding carboxylic acids is 1. The SMILES string of the molecule is CC(=O)CSc1nnc(-c2ccccn2)o1. The van der Waals surface area contributed by atoms with Crippen molar-refractivity contribution in [2.75, 3.05) is 5.75 Å². The second-order valence-corrected chi connectivity index (χ2v) is 4.01. The van der Waals surface area contributed by atoms with Gasteiger partial charge in [-0.05, 0) is 19.1 Å². The summed E-state index contributed by atoms with van der Waals surface area (Å²) in [7, 11) is 0. The number of thioether (sulfide) groups is 1. The Labute approximate surface area is 96.3 Å². The van der Waals surface area contributed by atoms with Gasteiger partial charge in [-0.15, -0.1) is 10.2 Å². The molecule has 0 amide bonds. The zero-order chi connectivity index (χ0) is 11.4. The molecule has 0 saturated carbocycles. The van der Waals surface area contributed by atoms with Crippen molar-refractivity contribution in [2.45, 2.75) is 12.1 Å². The van der Waals surface area contributed by atoms with Crippen molar-refractivity contribution in [2.24, 2.45) is 0 Å². The Bertz CT molecular complexity index is 484. The van der Waals surface area contributed by atoms with Crippen LogP contribution in [0.25, 0.3) is 11.6 Å². The quantitative estimate of drug-likeness (QED) is 0.753. The number of pyridine rings is 1. The van der Waals surface area contributed by atoms with Crippen molar-refractivity contribution in [3.05, 3.63) is 24.4 Å². The van der Waals surface area contributed by atoms with Crippen molar-refractivity contribution >= 4 is 17.5 Å². The van der Waals surface area contributed by atoms with E-state index in [4.69, 9.17) is 4.42 Å². The van der Waals surface area contributed by atoms with Gasteiger partial charge in [0.2, 0.25) is 0 Å². The average molecular weight is 235 g/mol. The molecule has 16 heavy (non-hydrogen) atoms. The molecule has 2 aromatic heterocycles. The van der Waals surface area contributed by atoms with E-state index < -0.39 is 0 Å². The summed E-state index contributed by atoms with van der Waals surface area (Å²) in [5, 5.41) is 8.06. The van der Waals surface area contributed by atoms with Crippen LogP contribution in [-0.4, -0.2) is 26.7 Å². The highest BCUT2D eigenvalue weighted by Crippen LogP contribution is 2.21. The third-order valence-corrected chi connectivity index (χ3v) is 2.65. The number of aromatic nitrogens is 3. The lowest BCUT2D eigenvalue weighted by Gasteiger charge is -1.91. The Morgan fingerprint density at radius 3 is 3.00 bits per heavy atom. The molecule has 6 heteroatoms. The van der Waals surface area contributed by atoms with E-state index in [0.29, 0.717) is 22.6 Å². The number of hydrogen-bond acceptors (Lipinski definition) is 6. The van der Waals surface area contributed by atoms with E-state index in [1.54, 1.807) is 12.3 Å². The minimum Gasteiger partial charge on any atom is -0.410 e. The molecule has 82 valence electrons. The Morgan fingerprint density at radius 2 is 2.31 bits per heavy atom. The smallest absolute Gasteiger partial charge is 0.277 e. The van der Waals surface area contributed by atoms with Crippen molar-refractivity contribution in [1.82, 2.24) is 15.2 Å². The predicted molar refractivity (Wildman–Crippen MR) is 58.9 cm³/mol. The number of Topliss-reactive ketones (excluding diaryl/α,β-unsaturated/α-hetero) is 1. The van der Waals surface area contributed by atoms with Crippen LogP contribution in [-0.2, 0) is 4.79 Å². The summed E-state index contributed by atoms with van der Waals surface area (Å²) in [5.74, 6) is 0.776. The van der Waals surface area contributed by atoms with Crippen molar-refractivity contribution in [3.8, 4) is 11.6 Å². The topological polar surface area (TPSA) is 68.9 Å². The lowest BCUT2D eigenvalue weighted by atomic mass is 10.3. The van der Waals surface area contributed by atoms with Crippen LogP contribution in [0, 0.1) is 0 Å². The number of ketones is 1. The maximum absolute atomic E-state index is 10.8. The van der Waals surface area contributed by atoms with Gasteiger partial charge in [0.05, 0.1) is 5.75 Å². The van der Waals surface area contributed by atoms with Crippen molar-refractivity contribution < 1.29 is 9.21 Å². The molecule has 2 rings (SSSR count). The van der Waals surface area contributed by atoms with Crippen molar-refractivity contribution in [3.63, 3.8) is 0 Å². The van der Waals surface area contributed by atoms with E-state index >= 15 is 0 Å². The van der Waals surface area contributed by atoms with Crippen LogP contribution in [0.15, 0.2) is 34.0 Å². The minimum atomic E-state index is 0.0718. The second-order valence-electron chi connectivity index (χ2n) is 3.08. The highest BCUT2D eigenvalue weighted by molar-refractivity contribution is 7.99. The highest BCUT2D eigenvalue weighted by atomic mass is 32.2. The molecule has 5 nitrogen and oxygen atoms in total. The fourth-order valence-corrected chi connectivity index (χ4v) is 1.59. The molecule has 0 atom stereocenters. The molecule has 0 aliphatic rings. The third kappa shape index (κ3) is 2.66. The third-order valence-electron chi connectivity index (χ3n) is 1.69. The molecule has 0 radical (unpaired) electrons. The standard InChI is InChI=1S/C10H9N3O2S/c1-7(14)6-16-10-13-12-9(15-10)8-4-2-3-5-11-8/h2-5H,6H2,1H3. The average Bonchev–Trinajstić information content (AvgIpc) is 2.76. The van der Waals surface area contributed by atoms with Crippen LogP contribution in [0.4, 0.5) is 0 Å².